The van der Waals surface area contributed by atoms with Crippen LogP contribution in [0.2, 0.25) is 0 Å². The van der Waals surface area contributed by atoms with Gasteiger partial charge >= 0.3 is 0 Å². The summed E-state index contributed by atoms with van der Waals surface area (Å²) in [5, 5.41) is 9.42. The van der Waals surface area contributed by atoms with Gasteiger partial charge in [0.1, 0.15) is 24.5 Å². The molecule has 2 aliphatic carbocycles. The number of fused-ring (bicyclic) bond motifs is 2. The molecule has 0 aromatic heterocycles. The third kappa shape index (κ3) is 3.03. The first kappa shape index (κ1) is 20.3. The minimum Gasteiger partial charge on any atom is -0.456 e. The summed E-state index contributed by atoms with van der Waals surface area (Å²) in [5.74, 6) is -3.61. The molecule has 1 spiro atoms. The van der Waals surface area contributed by atoms with Crippen LogP contribution in [0.5, 0.6) is 11.5 Å². The smallest absolute Gasteiger partial charge is 0.236 e. The van der Waals surface area contributed by atoms with Crippen LogP contribution in [0.25, 0.3) is 0 Å². The Morgan fingerprint density at radius 1 is 1.23 bits per heavy atom. The number of carbonyl (C=O) groups excluding carboxylic acids is 1. The van der Waals surface area contributed by atoms with Crippen molar-refractivity contribution in [3.05, 3.63) is 52.8 Å². The molecule has 5 rings (SSSR count). The molecule has 1 aliphatic heterocycles. The molecule has 160 valence electrons. The van der Waals surface area contributed by atoms with Crippen LogP contribution in [0.4, 0.5) is 8.78 Å². The zero-order valence-corrected chi connectivity index (χ0v) is 17.5. The Labute approximate surface area is 177 Å². The van der Waals surface area contributed by atoms with E-state index in [1.54, 1.807) is 12.7 Å². The van der Waals surface area contributed by atoms with Crippen LogP contribution in [0.15, 0.2) is 30.3 Å². The number of ether oxygens (including phenoxy) is 3. The van der Waals surface area contributed by atoms with Crippen molar-refractivity contribution in [1.82, 2.24) is 0 Å². The third-order valence-corrected chi connectivity index (χ3v) is 9.21. The second-order valence-corrected chi connectivity index (χ2v) is 11.2. The topological polar surface area (TPSA) is 85.6 Å². The molecule has 1 saturated carbocycles. The second-order valence-electron chi connectivity index (χ2n) is 8.03. The first-order valence-electron chi connectivity index (χ1n) is 9.88. The average Bonchev–Trinajstić information content (AvgIpc) is 3.46. The number of nitriles is 1. The van der Waals surface area contributed by atoms with Gasteiger partial charge in [-0.2, -0.15) is 5.26 Å². The SMILES string of the molecule is CP(=O)(c1ccc(Oc2cc(F)cc(C#N)c2)c2c1C1(OCCO1)C(F)C2=O)C1CC1. The number of carbonyl (C=O) groups is 1. The molecular weight excluding hydrogens is 427 g/mol. The van der Waals surface area contributed by atoms with Gasteiger partial charge in [-0.15, -0.1) is 0 Å². The standard InChI is InChI=1S/C22H18F2NO5P/c1-31(27,15-2-3-15)17-5-4-16(30-14-9-12(11-25)8-13(23)10-14)18-19(17)22(21(24)20(18)26)28-6-7-29-22/h4-5,8-10,15,21H,2-3,6-7H2,1H3. The summed E-state index contributed by atoms with van der Waals surface area (Å²) in [6.45, 7) is 1.81. The predicted octanol–water partition coefficient (Wildman–Crippen LogP) is 4.00. The Kier molecular flexibility index (Phi) is 4.56. The van der Waals surface area contributed by atoms with Crippen LogP contribution >= 0.6 is 7.14 Å². The Balaban J connectivity index is 1.70. The first-order chi connectivity index (χ1) is 14.8. The van der Waals surface area contributed by atoms with Crippen molar-refractivity contribution in [2.45, 2.75) is 30.5 Å². The number of halogens is 2. The van der Waals surface area contributed by atoms with Crippen molar-refractivity contribution in [1.29, 1.82) is 5.26 Å². The number of hydrogen-bond donors (Lipinski definition) is 0. The monoisotopic (exact) mass is 445 g/mol. The summed E-state index contributed by atoms with van der Waals surface area (Å²) in [7, 11) is -2.94. The van der Waals surface area contributed by atoms with Gasteiger partial charge in [-0.05, 0) is 43.8 Å². The lowest BCUT2D eigenvalue weighted by Gasteiger charge is -2.28. The number of rotatable bonds is 4. The normalized spacial score (nSPS) is 23.4. The summed E-state index contributed by atoms with van der Waals surface area (Å²) in [5.41, 5.74) is -0.00675. The largest absolute Gasteiger partial charge is 0.456 e. The number of hydrogen-bond acceptors (Lipinski definition) is 6. The highest BCUT2D eigenvalue weighted by Gasteiger charge is 2.61. The van der Waals surface area contributed by atoms with Crippen molar-refractivity contribution in [2.75, 3.05) is 19.9 Å². The summed E-state index contributed by atoms with van der Waals surface area (Å²) in [6.07, 6.45) is -0.555. The van der Waals surface area contributed by atoms with Gasteiger partial charge in [0.05, 0.1) is 30.4 Å². The van der Waals surface area contributed by atoms with E-state index < -0.39 is 30.7 Å². The molecule has 0 N–H and O–H groups in total. The van der Waals surface area contributed by atoms with Crippen molar-refractivity contribution < 1.29 is 32.4 Å². The second kappa shape index (κ2) is 6.96. The summed E-state index contributed by atoms with van der Waals surface area (Å²) in [6, 6.07) is 8.22. The molecule has 0 bridgehead atoms. The molecule has 2 atom stereocenters. The lowest BCUT2D eigenvalue weighted by atomic mass is 10.1. The van der Waals surface area contributed by atoms with Crippen molar-refractivity contribution in [3.63, 3.8) is 0 Å². The van der Waals surface area contributed by atoms with Gasteiger partial charge in [0.15, 0.2) is 0 Å². The van der Waals surface area contributed by atoms with E-state index in [9.17, 15) is 13.8 Å². The maximum absolute atomic E-state index is 15.3. The quantitative estimate of drug-likeness (QED) is 0.662. The van der Waals surface area contributed by atoms with Crippen LogP contribution in [0, 0.1) is 17.1 Å². The predicted molar refractivity (Wildman–Crippen MR) is 107 cm³/mol. The van der Waals surface area contributed by atoms with E-state index in [0.29, 0.717) is 5.30 Å². The van der Waals surface area contributed by atoms with Crippen LogP contribution in [0.3, 0.4) is 0 Å². The fourth-order valence-electron chi connectivity index (χ4n) is 4.35. The highest BCUT2D eigenvalue weighted by molar-refractivity contribution is 7.72. The fourth-order valence-corrected chi connectivity index (χ4v) is 6.96. The summed E-state index contributed by atoms with van der Waals surface area (Å²) < 4.78 is 59.7. The summed E-state index contributed by atoms with van der Waals surface area (Å²) >= 11 is 0. The van der Waals surface area contributed by atoms with Crippen molar-refractivity contribution in [2.24, 2.45) is 0 Å². The summed E-state index contributed by atoms with van der Waals surface area (Å²) in [4.78, 5) is 13.0. The third-order valence-electron chi connectivity index (χ3n) is 5.97. The molecule has 9 heteroatoms. The van der Waals surface area contributed by atoms with E-state index in [1.165, 1.54) is 12.1 Å². The van der Waals surface area contributed by atoms with Gasteiger partial charge in [0.25, 0.3) is 0 Å². The molecular formula is C22H18F2NO5P. The molecule has 2 aromatic carbocycles. The molecule has 1 heterocycles. The number of alkyl halides is 1. The minimum absolute atomic E-state index is 0.0224. The van der Waals surface area contributed by atoms with Crippen molar-refractivity contribution in [3.8, 4) is 17.6 Å². The van der Waals surface area contributed by atoms with Crippen LogP contribution in [-0.2, 0) is 19.8 Å². The maximum atomic E-state index is 15.3. The highest BCUT2D eigenvalue weighted by atomic mass is 31.2. The van der Waals surface area contributed by atoms with E-state index in [1.807, 2.05) is 6.07 Å². The van der Waals surface area contributed by atoms with E-state index in [4.69, 9.17) is 19.5 Å². The molecule has 3 aliphatic rings. The molecule has 1 saturated heterocycles. The Morgan fingerprint density at radius 2 is 1.94 bits per heavy atom. The maximum Gasteiger partial charge on any atom is 0.236 e. The molecule has 31 heavy (non-hydrogen) atoms. The average molecular weight is 445 g/mol. The van der Waals surface area contributed by atoms with E-state index in [-0.39, 0.29) is 47.1 Å². The number of ketones is 1. The van der Waals surface area contributed by atoms with E-state index >= 15 is 4.39 Å². The van der Waals surface area contributed by atoms with Crippen LogP contribution in [0.1, 0.15) is 34.3 Å². The lowest BCUT2D eigenvalue weighted by Crippen LogP contribution is -2.39. The number of Topliss-reactive ketones (excluding diaryl/α,β-unsaturated/α-hetero) is 1. The molecule has 2 fully saturated rings. The zero-order valence-electron chi connectivity index (χ0n) is 16.6. The van der Waals surface area contributed by atoms with E-state index in [2.05, 4.69) is 0 Å². The highest BCUT2D eigenvalue weighted by Crippen LogP contribution is 2.60. The molecule has 0 radical (unpaired) electrons. The van der Waals surface area contributed by atoms with Crippen molar-refractivity contribution >= 4 is 18.2 Å². The molecule has 2 aromatic rings. The molecule has 6 nitrogen and oxygen atoms in total. The van der Waals surface area contributed by atoms with Crippen LogP contribution in [-0.4, -0.2) is 37.5 Å². The van der Waals surface area contributed by atoms with Crippen LogP contribution < -0.4 is 10.0 Å². The Morgan fingerprint density at radius 3 is 2.58 bits per heavy atom. The molecule has 0 amide bonds. The zero-order chi connectivity index (χ0) is 22.0. The van der Waals surface area contributed by atoms with Gasteiger partial charge < -0.3 is 18.8 Å². The Hall–Kier alpha value is -2.59. The lowest BCUT2D eigenvalue weighted by molar-refractivity contribution is -0.190. The number of nitrogens with zero attached hydrogens (tertiary/aromatic N) is 1. The fraction of sp³-hybridized carbons (Fsp3) is 0.364. The van der Waals surface area contributed by atoms with Gasteiger partial charge in [0.2, 0.25) is 17.7 Å². The molecule has 2 unspecified atom stereocenters. The van der Waals surface area contributed by atoms with Gasteiger partial charge in [-0.1, -0.05) is 0 Å². The minimum atomic E-state index is -2.94. The van der Waals surface area contributed by atoms with Gasteiger partial charge in [-0.25, -0.2) is 8.78 Å². The van der Waals surface area contributed by atoms with Gasteiger partial charge in [0, 0.05) is 22.6 Å². The van der Waals surface area contributed by atoms with E-state index in [0.717, 1.165) is 25.0 Å². The van der Waals surface area contributed by atoms with Gasteiger partial charge in [-0.3, -0.25) is 4.79 Å². The first-order valence-corrected chi connectivity index (χ1v) is 12.1. The Bertz CT molecular complexity index is 1200. The number of benzene rings is 2.